The van der Waals surface area contributed by atoms with E-state index >= 15 is 0 Å². The molecule has 0 aliphatic carbocycles. The van der Waals surface area contributed by atoms with E-state index in [1.165, 1.54) is 11.8 Å². The van der Waals surface area contributed by atoms with Gasteiger partial charge in [-0.3, -0.25) is 4.79 Å². The normalized spacial score (nSPS) is 11.8. The van der Waals surface area contributed by atoms with Crippen LogP contribution in [-0.4, -0.2) is 21.5 Å². The average molecular weight is 274 g/mol. The van der Waals surface area contributed by atoms with E-state index < -0.39 is 0 Å². The lowest BCUT2D eigenvalue weighted by atomic mass is 9.92. The molecule has 0 N–H and O–H groups in total. The highest BCUT2D eigenvalue weighted by Gasteiger charge is 2.21. The van der Waals surface area contributed by atoms with Crippen LogP contribution in [0.2, 0.25) is 0 Å². The number of thioether (sulfide) groups is 1. The second-order valence-electron chi connectivity index (χ2n) is 5.56. The number of aromatic nitrogens is 2. The van der Waals surface area contributed by atoms with Crippen molar-refractivity contribution in [3.63, 3.8) is 0 Å². The van der Waals surface area contributed by atoms with Crippen molar-refractivity contribution < 1.29 is 4.79 Å². The molecule has 0 saturated heterocycles. The van der Waals surface area contributed by atoms with Gasteiger partial charge in [-0.2, -0.15) is 0 Å². The Labute approximate surface area is 117 Å². The van der Waals surface area contributed by atoms with Gasteiger partial charge in [0.15, 0.2) is 0 Å². The Hall–Kier alpha value is -1.42. The lowest BCUT2D eigenvalue weighted by Gasteiger charge is -2.16. The highest BCUT2D eigenvalue weighted by molar-refractivity contribution is 8.00. The van der Waals surface area contributed by atoms with E-state index in [0.29, 0.717) is 5.75 Å². The molecule has 2 rings (SSSR count). The molecule has 3 nitrogen and oxygen atoms in total. The molecule has 2 aromatic rings. The molecule has 0 radical (unpaired) electrons. The molecule has 0 amide bonds. The minimum absolute atomic E-state index is 0.229. The third-order valence-electron chi connectivity index (χ3n) is 2.88. The highest BCUT2D eigenvalue weighted by atomic mass is 32.2. The van der Waals surface area contributed by atoms with E-state index in [2.05, 4.69) is 9.97 Å². The standard InChI is InChI=1S/C15H18N2OS/c1-10-14(19-9-13(18)15(2,3)4)17-12-8-6-5-7-11(12)16-10/h5-8H,9H2,1-4H3. The molecule has 0 aliphatic heterocycles. The maximum absolute atomic E-state index is 11.9. The summed E-state index contributed by atoms with van der Waals surface area (Å²) in [6, 6.07) is 7.79. The number of ketones is 1. The summed E-state index contributed by atoms with van der Waals surface area (Å²) in [4.78, 5) is 21.0. The van der Waals surface area contributed by atoms with Crippen LogP contribution in [-0.2, 0) is 4.79 Å². The number of nitrogens with zero attached hydrogens (tertiary/aromatic N) is 2. The van der Waals surface area contributed by atoms with Gasteiger partial charge in [-0.05, 0) is 19.1 Å². The summed E-state index contributed by atoms with van der Waals surface area (Å²) in [7, 11) is 0. The second kappa shape index (κ2) is 5.29. The molecule has 4 heteroatoms. The van der Waals surface area contributed by atoms with Crippen molar-refractivity contribution in [2.45, 2.75) is 32.7 Å². The maximum atomic E-state index is 11.9. The fourth-order valence-corrected chi connectivity index (χ4v) is 2.68. The van der Waals surface area contributed by atoms with Gasteiger partial charge in [0.1, 0.15) is 10.8 Å². The lowest BCUT2D eigenvalue weighted by Crippen LogP contribution is -2.22. The monoisotopic (exact) mass is 274 g/mol. The molecular weight excluding hydrogens is 256 g/mol. The van der Waals surface area contributed by atoms with Crippen molar-refractivity contribution in [2.75, 3.05) is 5.75 Å². The van der Waals surface area contributed by atoms with Crippen LogP contribution in [0.5, 0.6) is 0 Å². The zero-order valence-corrected chi connectivity index (χ0v) is 12.5. The summed E-state index contributed by atoms with van der Waals surface area (Å²) in [5.74, 6) is 0.670. The Morgan fingerprint density at radius 3 is 2.32 bits per heavy atom. The third kappa shape index (κ3) is 3.32. The van der Waals surface area contributed by atoms with Crippen LogP contribution in [0.25, 0.3) is 11.0 Å². The summed E-state index contributed by atoms with van der Waals surface area (Å²) >= 11 is 1.47. The molecule has 100 valence electrons. The third-order valence-corrected chi connectivity index (χ3v) is 3.94. The molecule has 19 heavy (non-hydrogen) atoms. The van der Waals surface area contributed by atoms with Gasteiger partial charge in [-0.1, -0.05) is 44.7 Å². The summed E-state index contributed by atoms with van der Waals surface area (Å²) < 4.78 is 0. The van der Waals surface area contributed by atoms with Crippen LogP contribution in [0.3, 0.4) is 0 Å². The first-order valence-corrected chi connectivity index (χ1v) is 7.26. The van der Waals surface area contributed by atoms with E-state index in [0.717, 1.165) is 21.8 Å². The van der Waals surface area contributed by atoms with E-state index in [-0.39, 0.29) is 11.2 Å². The zero-order chi connectivity index (χ0) is 14.0. The number of carbonyl (C=O) groups excluding carboxylic acids is 1. The van der Waals surface area contributed by atoms with Crippen LogP contribution in [0.1, 0.15) is 26.5 Å². The number of benzene rings is 1. The van der Waals surface area contributed by atoms with Crippen LogP contribution in [0.15, 0.2) is 29.3 Å². The van der Waals surface area contributed by atoms with Gasteiger partial charge in [0.25, 0.3) is 0 Å². The number of hydrogen-bond acceptors (Lipinski definition) is 4. The molecule has 0 spiro atoms. The molecule has 1 aromatic carbocycles. The van der Waals surface area contributed by atoms with E-state index in [9.17, 15) is 4.79 Å². The smallest absolute Gasteiger partial charge is 0.148 e. The van der Waals surface area contributed by atoms with Crippen molar-refractivity contribution in [3.05, 3.63) is 30.0 Å². The van der Waals surface area contributed by atoms with Gasteiger partial charge in [0, 0.05) is 5.41 Å². The first-order chi connectivity index (χ1) is 8.88. The topological polar surface area (TPSA) is 42.9 Å². The summed E-state index contributed by atoms with van der Waals surface area (Å²) in [6.07, 6.45) is 0. The number of hydrogen-bond donors (Lipinski definition) is 0. The van der Waals surface area contributed by atoms with Crippen molar-refractivity contribution >= 4 is 28.6 Å². The van der Waals surface area contributed by atoms with Crippen molar-refractivity contribution in [2.24, 2.45) is 5.41 Å². The maximum Gasteiger partial charge on any atom is 0.148 e. The molecule has 0 unspecified atom stereocenters. The number of rotatable bonds is 3. The number of fused-ring (bicyclic) bond motifs is 1. The fourth-order valence-electron chi connectivity index (χ4n) is 1.56. The van der Waals surface area contributed by atoms with Crippen LogP contribution in [0, 0.1) is 12.3 Å². The quantitative estimate of drug-likeness (QED) is 0.801. The predicted octanol–water partition coefficient (Wildman–Crippen LogP) is 3.65. The Morgan fingerprint density at radius 1 is 1.16 bits per heavy atom. The van der Waals surface area contributed by atoms with Crippen LogP contribution >= 0.6 is 11.8 Å². The first-order valence-electron chi connectivity index (χ1n) is 6.27. The molecule has 0 saturated carbocycles. The van der Waals surface area contributed by atoms with Gasteiger partial charge in [0.05, 0.1) is 22.5 Å². The first kappa shape index (κ1) is 14.0. The van der Waals surface area contributed by atoms with E-state index in [1.807, 2.05) is 52.0 Å². The Morgan fingerprint density at radius 2 is 1.74 bits per heavy atom. The van der Waals surface area contributed by atoms with Gasteiger partial charge in [-0.15, -0.1) is 0 Å². The Balaban J connectivity index is 2.21. The summed E-state index contributed by atoms with van der Waals surface area (Å²) in [6.45, 7) is 7.75. The Kier molecular flexibility index (Phi) is 3.90. The van der Waals surface area contributed by atoms with E-state index in [1.54, 1.807) is 0 Å². The minimum atomic E-state index is -0.300. The van der Waals surface area contributed by atoms with Crippen LogP contribution < -0.4 is 0 Å². The zero-order valence-electron chi connectivity index (χ0n) is 11.7. The van der Waals surface area contributed by atoms with Crippen molar-refractivity contribution in [3.8, 4) is 0 Å². The van der Waals surface area contributed by atoms with Gasteiger partial charge in [0.2, 0.25) is 0 Å². The lowest BCUT2D eigenvalue weighted by molar-refractivity contribution is -0.123. The molecule has 0 bridgehead atoms. The number of Topliss-reactive ketones (excluding diaryl/α,β-unsaturated/α-hetero) is 1. The largest absolute Gasteiger partial charge is 0.298 e. The van der Waals surface area contributed by atoms with Gasteiger partial charge < -0.3 is 0 Å². The SMILES string of the molecule is Cc1nc2ccccc2nc1SCC(=O)C(C)(C)C. The molecule has 1 aromatic heterocycles. The molecule has 0 fully saturated rings. The Bertz CT molecular complexity index is 617. The van der Waals surface area contributed by atoms with E-state index in [4.69, 9.17) is 0 Å². The average Bonchev–Trinajstić information content (AvgIpc) is 2.34. The summed E-state index contributed by atoms with van der Waals surface area (Å²) in [5.41, 5.74) is 2.35. The summed E-state index contributed by atoms with van der Waals surface area (Å²) in [5, 5.41) is 0.844. The minimum Gasteiger partial charge on any atom is -0.298 e. The molecule has 0 atom stereocenters. The molecule has 1 heterocycles. The predicted molar refractivity (Wildman–Crippen MR) is 79.5 cm³/mol. The van der Waals surface area contributed by atoms with Gasteiger partial charge >= 0.3 is 0 Å². The molecular formula is C15H18N2OS. The fraction of sp³-hybridized carbons (Fsp3) is 0.400. The van der Waals surface area contributed by atoms with Crippen molar-refractivity contribution in [1.82, 2.24) is 9.97 Å². The van der Waals surface area contributed by atoms with Crippen molar-refractivity contribution in [1.29, 1.82) is 0 Å². The second-order valence-corrected chi connectivity index (χ2v) is 6.53. The van der Waals surface area contributed by atoms with Crippen LogP contribution in [0.4, 0.5) is 0 Å². The van der Waals surface area contributed by atoms with Gasteiger partial charge in [-0.25, -0.2) is 9.97 Å². The number of aryl methyl sites for hydroxylation is 1. The number of carbonyl (C=O) groups is 1. The highest BCUT2D eigenvalue weighted by Crippen LogP contribution is 2.25. The molecule has 0 aliphatic rings. The number of para-hydroxylation sites is 2.